The van der Waals surface area contributed by atoms with Gasteiger partial charge in [0.15, 0.2) is 0 Å². The monoisotopic (exact) mass is 260 g/mol. The molecule has 0 atom stereocenters. The highest BCUT2D eigenvalue weighted by molar-refractivity contribution is 7.12. The Balaban J connectivity index is 2.00. The second kappa shape index (κ2) is 4.61. The zero-order chi connectivity index (χ0) is 12.5. The minimum absolute atomic E-state index is 0.189. The van der Waals surface area contributed by atoms with Crippen LogP contribution in [0.15, 0.2) is 29.9 Å². The van der Waals surface area contributed by atoms with Crippen LogP contribution in [0.25, 0.3) is 5.69 Å². The number of amides is 1. The molecule has 3 heterocycles. The van der Waals surface area contributed by atoms with Crippen molar-refractivity contribution in [2.24, 2.45) is 0 Å². The van der Waals surface area contributed by atoms with Crippen molar-refractivity contribution in [1.82, 2.24) is 9.47 Å². The Morgan fingerprint density at radius 1 is 1.22 bits per heavy atom. The molecule has 0 unspecified atom stereocenters. The normalized spacial score (nSPS) is 15.3. The molecule has 1 saturated heterocycles. The summed E-state index contributed by atoms with van der Waals surface area (Å²) in [5.74, 6) is 0.189. The lowest BCUT2D eigenvalue weighted by Gasteiger charge is -2.15. The second-order valence-electron chi connectivity index (χ2n) is 4.69. The molecule has 1 aliphatic rings. The number of carbonyl (C=O) groups is 1. The van der Waals surface area contributed by atoms with Crippen LogP contribution in [-0.2, 0) is 0 Å². The molecule has 1 fully saturated rings. The fourth-order valence-corrected chi connectivity index (χ4v) is 3.47. The summed E-state index contributed by atoms with van der Waals surface area (Å²) in [6.07, 6.45) is 6.26. The first kappa shape index (κ1) is 11.5. The fraction of sp³-hybridized carbons (Fsp3) is 0.357. The van der Waals surface area contributed by atoms with Gasteiger partial charge in [-0.05, 0) is 42.8 Å². The average Bonchev–Trinajstić information content (AvgIpc) is 3.09. The molecule has 2 aromatic heterocycles. The van der Waals surface area contributed by atoms with E-state index in [9.17, 15) is 4.79 Å². The van der Waals surface area contributed by atoms with Crippen LogP contribution in [0.5, 0.6) is 0 Å². The Labute approximate surface area is 111 Å². The van der Waals surface area contributed by atoms with Gasteiger partial charge in [-0.25, -0.2) is 0 Å². The molecule has 0 saturated carbocycles. The number of hydrogen-bond acceptors (Lipinski definition) is 2. The molecule has 3 nitrogen and oxygen atoms in total. The maximum absolute atomic E-state index is 12.5. The number of thiophene rings is 1. The van der Waals surface area contributed by atoms with E-state index in [0.717, 1.165) is 36.5 Å². The molecule has 94 valence electrons. The van der Waals surface area contributed by atoms with Gasteiger partial charge in [0, 0.05) is 25.5 Å². The third-order valence-corrected chi connectivity index (χ3v) is 4.47. The summed E-state index contributed by atoms with van der Waals surface area (Å²) in [4.78, 5) is 15.3. The average molecular weight is 260 g/mol. The number of nitrogens with zero attached hydrogens (tertiary/aromatic N) is 2. The van der Waals surface area contributed by atoms with Crippen LogP contribution in [-0.4, -0.2) is 28.5 Å². The molecule has 0 aliphatic carbocycles. The highest BCUT2D eigenvalue weighted by Crippen LogP contribution is 2.28. The molecule has 3 rings (SSSR count). The molecule has 0 spiro atoms. The summed E-state index contributed by atoms with van der Waals surface area (Å²) < 4.78 is 2.04. The highest BCUT2D eigenvalue weighted by Gasteiger charge is 2.24. The van der Waals surface area contributed by atoms with Crippen LogP contribution >= 0.6 is 11.3 Å². The maximum Gasteiger partial charge on any atom is 0.266 e. The molecule has 0 radical (unpaired) electrons. The number of aromatic nitrogens is 1. The van der Waals surface area contributed by atoms with E-state index in [1.54, 1.807) is 11.3 Å². The summed E-state index contributed by atoms with van der Waals surface area (Å²) in [5.41, 5.74) is 2.21. The largest absolute Gasteiger partial charge is 0.338 e. The van der Waals surface area contributed by atoms with E-state index in [0.29, 0.717) is 0 Å². The quantitative estimate of drug-likeness (QED) is 0.814. The zero-order valence-electron chi connectivity index (χ0n) is 10.4. The molecule has 2 aromatic rings. The number of aryl methyl sites for hydroxylation is 1. The first-order chi connectivity index (χ1) is 8.77. The lowest BCUT2D eigenvalue weighted by atomic mass is 10.2. The van der Waals surface area contributed by atoms with Crippen LogP contribution < -0.4 is 0 Å². The van der Waals surface area contributed by atoms with Crippen molar-refractivity contribution < 1.29 is 4.79 Å². The molecule has 1 aliphatic heterocycles. The van der Waals surface area contributed by atoms with Gasteiger partial charge < -0.3 is 9.47 Å². The second-order valence-corrected chi connectivity index (χ2v) is 5.57. The van der Waals surface area contributed by atoms with Gasteiger partial charge in [0.1, 0.15) is 4.88 Å². The number of likely N-dealkylation sites (tertiary alicyclic amines) is 1. The molecular formula is C14H16N2OS. The van der Waals surface area contributed by atoms with Crippen molar-refractivity contribution >= 4 is 17.2 Å². The molecule has 0 bridgehead atoms. The predicted octanol–water partition coefficient (Wildman–Crippen LogP) is 3.08. The third-order valence-electron chi connectivity index (χ3n) is 3.39. The van der Waals surface area contributed by atoms with E-state index in [1.165, 1.54) is 5.56 Å². The van der Waals surface area contributed by atoms with Crippen molar-refractivity contribution in [2.75, 3.05) is 13.1 Å². The Morgan fingerprint density at radius 2 is 1.89 bits per heavy atom. The minimum Gasteiger partial charge on any atom is -0.338 e. The van der Waals surface area contributed by atoms with Crippen LogP contribution in [0, 0.1) is 6.92 Å². The summed E-state index contributed by atoms with van der Waals surface area (Å²) in [6.45, 7) is 3.87. The predicted molar refractivity (Wildman–Crippen MR) is 73.5 cm³/mol. The molecule has 0 N–H and O–H groups in total. The number of rotatable bonds is 2. The molecule has 18 heavy (non-hydrogen) atoms. The standard InChI is InChI=1S/C14H16N2OS/c1-11-10-18-13(12(11)15-6-2-3-7-15)14(17)16-8-4-5-9-16/h2-3,6-7,10H,4-5,8-9H2,1H3. The van der Waals surface area contributed by atoms with E-state index in [-0.39, 0.29) is 5.91 Å². The van der Waals surface area contributed by atoms with Gasteiger partial charge in [-0.2, -0.15) is 0 Å². The van der Waals surface area contributed by atoms with E-state index in [2.05, 4.69) is 12.3 Å². The highest BCUT2D eigenvalue weighted by atomic mass is 32.1. The van der Waals surface area contributed by atoms with Crippen LogP contribution in [0.1, 0.15) is 28.1 Å². The minimum atomic E-state index is 0.189. The van der Waals surface area contributed by atoms with Gasteiger partial charge >= 0.3 is 0 Å². The lowest BCUT2D eigenvalue weighted by molar-refractivity contribution is 0.0797. The van der Waals surface area contributed by atoms with Gasteiger partial charge in [-0.1, -0.05) is 0 Å². The van der Waals surface area contributed by atoms with E-state index < -0.39 is 0 Å². The van der Waals surface area contributed by atoms with Crippen molar-refractivity contribution in [3.8, 4) is 5.69 Å². The smallest absolute Gasteiger partial charge is 0.266 e. The SMILES string of the molecule is Cc1csc(C(=O)N2CCCC2)c1-n1cccc1. The van der Waals surface area contributed by atoms with Crippen molar-refractivity contribution in [2.45, 2.75) is 19.8 Å². The van der Waals surface area contributed by atoms with Gasteiger partial charge in [0.05, 0.1) is 5.69 Å². The van der Waals surface area contributed by atoms with Gasteiger partial charge in [0.2, 0.25) is 0 Å². The number of carbonyl (C=O) groups excluding carboxylic acids is 1. The van der Waals surface area contributed by atoms with Gasteiger partial charge in [-0.3, -0.25) is 4.79 Å². The third kappa shape index (κ3) is 1.86. The molecule has 1 amide bonds. The topological polar surface area (TPSA) is 25.2 Å². The van der Waals surface area contributed by atoms with Gasteiger partial charge in [-0.15, -0.1) is 11.3 Å². The van der Waals surface area contributed by atoms with Crippen LogP contribution in [0.2, 0.25) is 0 Å². The molecular weight excluding hydrogens is 244 g/mol. The lowest BCUT2D eigenvalue weighted by Crippen LogP contribution is -2.27. The van der Waals surface area contributed by atoms with E-state index >= 15 is 0 Å². The summed E-state index contributed by atoms with van der Waals surface area (Å²) in [5, 5.41) is 2.07. The first-order valence-electron chi connectivity index (χ1n) is 6.28. The van der Waals surface area contributed by atoms with Crippen LogP contribution in [0.4, 0.5) is 0 Å². The summed E-state index contributed by atoms with van der Waals surface area (Å²) in [7, 11) is 0. The summed E-state index contributed by atoms with van der Waals surface area (Å²) in [6, 6.07) is 3.97. The van der Waals surface area contributed by atoms with Crippen molar-refractivity contribution in [1.29, 1.82) is 0 Å². The fourth-order valence-electron chi connectivity index (χ4n) is 2.46. The Bertz CT molecular complexity index is 550. The van der Waals surface area contributed by atoms with Crippen LogP contribution in [0.3, 0.4) is 0 Å². The van der Waals surface area contributed by atoms with Crippen molar-refractivity contribution in [3.05, 3.63) is 40.3 Å². The Morgan fingerprint density at radius 3 is 2.56 bits per heavy atom. The number of hydrogen-bond donors (Lipinski definition) is 0. The van der Waals surface area contributed by atoms with E-state index in [4.69, 9.17) is 0 Å². The Kier molecular flexibility index (Phi) is 2.96. The first-order valence-corrected chi connectivity index (χ1v) is 7.16. The van der Waals surface area contributed by atoms with E-state index in [1.807, 2.05) is 34.0 Å². The summed E-state index contributed by atoms with van der Waals surface area (Å²) >= 11 is 1.56. The molecule has 4 heteroatoms. The Hall–Kier alpha value is -1.55. The molecule has 0 aromatic carbocycles. The maximum atomic E-state index is 12.5. The zero-order valence-corrected chi connectivity index (χ0v) is 11.2. The van der Waals surface area contributed by atoms with Gasteiger partial charge in [0.25, 0.3) is 5.91 Å². The van der Waals surface area contributed by atoms with Crippen molar-refractivity contribution in [3.63, 3.8) is 0 Å².